The Bertz CT molecular complexity index is 1080. The Balaban J connectivity index is 1.61. The summed E-state index contributed by atoms with van der Waals surface area (Å²) >= 11 is 0. The van der Waals surface area contributed by atoms with E-state index in [-0.39, 0.29) is 16.6 Å². The van der Waals surface area contributed by atoms with Gasteiger partial charge in [-0.25, -0.2) is 8.42 Å². The van der Waals surface area contributed by atoms with E-state index in [0.717, 1.165) is 31.5 Å². The highest BCUT2D eigenvalue weighted by Crippen LogP contribution is 2.33. The molecule has 9 nitrogen and oxygen atoms in total. The van der Waals surface area contributed by atoms with E-state index < -0.39 is 14.9 Å². The Labute approximate surface area is 200 Å². The number of rotatable bonds is 8. The van der Waals surface area contributed by atoms with Gasteiger partial charge < -0.3 is 10.1 Å². The first kappa shape index (κ1) is 24.6. The fourth-order valence-corrected chi connectivity index (χ4v) is 5.96. The zero-order valence-electron chi connectivity index (χ0n) is 19.4. The third-order valence-electron chi connectivity index (χ3n) is 6.62. The van der Waals surface area contributed by atoms with E-state index >= 15 is 0 Å². The van der Waals surface area contributed by atoms with Crippen LogP contribution in [0.15, 0.2) is 53.4 Å². The Morgan fingerprint density at radius 1 is 1.09 bits per heavy atom. The SMILES string of the molecule is CC1CCN(S(=O)(=O)c2ccc(NC(CN3CCOCC3)c3ccccc3)c([N+](=O)[O-])c2)CC1. The minimum absolute atomic E-state index is 0.0382. The molecule has 34 heavy (non-hydrogen) atoms. The maximum atomic E-state index is 13.2. The third kappa shape index (κ3) is 5.75. The molecule has 0 bridgehead atoms. The zero-order chi connectivity index (χ0) is 24.1. The summed E-state index contributed by atoms with van der Waals surface area (Å²) in [5.41, 5.74) is 1.06. The van der Waals surface area contributed by atoms with E-state index in [2.05, 4.69) is 17.1 Å². The standard InChI is InChI=1S/C24H32N4O5S/c1-19-9-11-27(12-10-19)34(31,32)21-7-8-22(24(17-21)28(29)30)25-23(20-5-3-2-4-6-20)18-26-13-15-33-16-14-26/h2-8,17,19,23,25H,9-16,18H2,1H3. The molecule has 0 saturated carbocycles. The first-order valence-corrected chi connectivity index (χ1v) is 13.2. The Kier molecular flexibility index (Phi) is 7.82. The van der Waals surface area contributed by atoms with Crippen LogP contribution in [0.1, 0.15) is 31.4 Å². The molecule has 2 aliphatic rings. The van der Waals surface area contributed by atoms with Crippen LogP contribution in [0.4, 0.5) is 11.4 Å². The summed E-state index contributed by atoms with van der Waals surface area (Å²) in [5, 5.41) is 15.3. The van der Waals surface area contributed by atoms with Crippen molar-refractivity contribution in [2.45, 2.75) is 30.7 Å². The lowest BCUT2D eigenvalue weighted by Crippen LogP contribution is -2.40. The first-order chi connectivity index (χ1) is 16.3. The van der Waals surface area contributed by atoms with E-state index in [1.807, 2.05) is 30.3 Å². The van der Waals surface area contributed by atoms with Crippen molar-refractivity contribution < 1.29 is 18.1 Å². The van der Waals surface area contributed by atoms with E-state index in [1.165, 1.54) is 22.5 Å². The van der Waals surface area contributed by atoms with Crippen molar-refractivity contribution in [1.82, 2.24) is 9.21 Å². The van der Waals surface area contributed by atoms with E-state index in [1.54, 1.807) is 0 Å². The van der Waals surface area contributed by atoms with Crippen LogP contribution in [-0.4, -0.2) is 68.5 Å². The summed E-state index contributed by atoms with van der Waals surface area (Å²) in [6, 6.07) is 13.8. The van der Waals surface area contributed by atoms with Gasteiger partial charge in [0.1, 0.15) is 5.69 Å². The van der Waals surface area contributed by atoms with Crippen LogP contribution in [0.5, 0.6) is 0 Å². The third-order valence-corrected chi connectivity index (χ3v) is 8.52. The molecule has 1 unspecified atom stereocenters. The molecule has 2 aromatic rings. The predicted molar refractivity (Wildman–Crippen MR) is 130 cm³/mol. The van der Waals surface area contributed by atoms with Gasteiger partial charge in [-0.1, -0.05) is 37.3 Å². The molecule has 2 heterocycles. The molecular weight excluding hydrogens is 456 g/mol. The molecule has 2 aliphatic heterocycles. The number of sulfonamides is 1. The lowest BCUT2D eigenvalue weighted by atomic mass is 10.0. The molecule has 1 N–H and O–H groups in total. The first-order valence-electron chi connectivity index (χ1n) is 11.7. The second-order valence-corrected chi connectivity index (χ2v) is 11.0. The van der Waals surface area contributed by atoms with Crippen LogP contribution in [-0.2, 0) is 14.8 Å². The number of hydrogen-bond donors (Lipinski definition) is 1. The van der Waals surface area contributed by atoms with Crippen LogP contribution in [0.3, 0.4) is 0 Å². The molecule has 2 saturated heterocycles. The highest BCUT2D eigenvalue weighted by Gasteiger charge is 2.30. The lowest BCUT2D eigenvalue weighted by molar-refractivity contribution is -0.384. The van der Waals surface area contributed by atoms with Crippen molar-refractivity contribution in [1.29, 1.82) is 0 Å². The molecule has 4 rings (SSSR count). The molecule has 0 aliphatic carbocycles. The number of ether oxygens (including phenoxy) is 1. The molecule has 0 amide bonds. The van der Waals surface area contributed by atoms with Crippen LogP contribution < -0.4 is 5.32 Å². The molecular formula is C24H32N4O5S. The van der Waals surface area contributed by atoms with Gasteiger partial charge in [0.2, 0.25) is 10.0 Å². The minimum atomic E-state index is -3.78. The van der Waals surface area contributed by atoms with Gasteiger partial charge in [-0.15, -0.1) is 0 Å². The van der Waals surface area contributed by atoms with Crippen molar-refractivity contribution in [3.05, 3.63) is 64.2 Å². The van der Waals surface area contributed by atoms with E-state index in [4.69, 9.17) is 4.74 Å². The number of hydrogen-bond acceptors (Lipinski definition) is 7. The van der Waals surface area contributed by atoms with Crippen LogP contribution >= 0.6 is 0 Å². The zero-order valence-corrected chi connectivity index (χ0v) is 20.2. The molecule has 10 heteroatoms. The summed E-state index contributed by atoms with van der Waals surface area (Å²) in [7, 11) is -3.78. The highest BCUT2D eigenvalue weighted by atomic mass is 32.2. The smallest absolute Gasteiger partial charge is 0.293 e. The van der Waals surface area contributed by atoms with E-state index in [9.17, 15) is 18.5 Å². The number of anilines is 1. The summed E-state index contributed by atoms with van der Waals surface area (Å²) < 4.78 is 33.2. The van der Waals surface area contributed by atoms with Gasteiger partial charge in [-0.2, -0.15) is 4.31 Å². The fourth-order valence-electron chi connectivity index (χ4n) is 4.47. The maximum Gasteiger partial charge on any atom is 0.293 e. The maximum absolute atomic E-state index is 13.2. The number of benzene rings is 2. The monoisotopic (exact) mass is 488 g/mol. The molecule has 0 spiro atoms. The van der Waals surface area contributed by atoms with Crippen LogP contribution in [0, 0.1) is 16.0 Å². The quantitative estimate of drug-likeness (QED) is 0.448. The predicted octanol–water partition coefficient (Wildman–Crippen LogP) is 3.50. The number of nitrogens with one attached hydrogen (secondary N) is 1. The molecule has 2 aromatic carbocycles. The van der Waals surface area contributed by atoms with Crippen molar-refractivity contribution in [2.75, 3.05) is 51.3 Å². The molecule has 1 atom stereocenters. The van der Waals surface area contributed by atoms with Crippen molar-refractivity contribution in [3.63, 3.8) is 0 Å². The van der Waals surface area contributed by atoms with E-state index in [0.29, 0.717) is 44.5 Å². The largest absolute Gasteiger partial charge is 0.379 e. The number of morpholine rings is 1. The van der Waals surface area contributed by atoms with Crippen molar-refractivity contribution >= 4 is 21.4 Å². The second kappa shape index (κ2) is 10.8. The average Bonchev–Trinajstić information content (AvgIpc) is 2.85. The fraction of sp³-hybridized carbons (Fsp3) is 0.500. The second-order valence-electron chi connectivity index (χ2n) is 9.04. The summed E-state index contributed by atoms with van der Waals surface area (Å²) in [4.78, 5) is 13.7. The van der Waals surface area contributed by atoms with Crippen LogP contribution in [0.2, 0.25) is 0 Å². The van der Waals surface area contributed by atoms with Gasteiger partial charge >= 0.3 is 0 Å². The molecule has 0 radical (unpaired) electrons. The van der Waals surface area contributed by atoms with Gasteiger partial charge in [0, 0.05) is 38.8 Å². The molecule has 2 fully saturated rings. The summed E-state index contributed by atoms with van der Waals surface area (Å²) in [6.45, 7) is 6.52. The average molecular weight is 489 g/mol. The Morgan fingerprint density at radius 3 is 2.41 bits per heavy atom. The van der Waals surface area contributed by atoms with Gasteiger partial charge in [-0.3, -0.25) is 15.0 Å². The topological polar surface area (TPSA) is 105 Å². The number of piperidine rings is 1. The Hall–Kier alpha value is -2.53. The number of nitrogens with zero attached hydrogens (tertiary/aromatic N) is 3. The van der Waals surface area contributed by atoms with Gasteiger partial charge in [-0.05, 0) is 36.5 Å². The van der Waals surface area contributed by atoms with Gasteiger partial charge in [0.15, 0.2) is 0 Å². The van der Waals surface area contributed by atoms with Gasteiger partial charge in [0.05, 0.1) is 29.1 Å². The van der Waals surface area contributed by atoms with Crippen LogP contribution in [0.25, 0.3) is 0 Å². The minimum Gasteiger partial charge on any atom is -0.379 e. The lowest BCUT2D eigenvalue weighted by Gasteiger charge is -2.31. The molecule has 184 valence electrons. The molecule has 0 aromatic heterocycles. The van der Waals surface area contributed by atoms with Gasteiger partial charge in [0.25, 0.3) is 5.69 Å². The van der Waals surface area contributed by atoms with Crippen molar-refractivity contribution in [2.24, 2.45) is 5.92 Å². The normalized spacial score (nSPS) is 19.6. The summed E-state index contributed by atoms with van der Waals surface area (Å²) in [6.07, 6.45) is 1.59. The highest BCUT2D eigenvalue weighted by molar-refractivity contribution is 7.89. The number of nitro groups is 1. The Morgan fingerprint density at radius 2 is 1.76 bits per heavy atom. The summed E-state index contributed by atoms with van der Waals surface area (Å²) in [5.74, 6) is 0.480. The van der Waals surface area contributed by atoms with Crippen molar-refractivity contribution in [3.8, 4) is 0 Å². The number of nitro benzene ring substituents is 1.